The molecule has 0 saturated carbocycles. The van der Waals surface area contributed by atoms with Crippen LogP contribution in [0.4, 0.5) is 0 Å². The predicted molar refractivity (Wildman–Crippen MR) is 41.0 cm³/mol. The van der Waals surface area contributed by atoms with Gasteiger partial charge >= 0.3 is 39.9 Å². The molecule has 0 radical (unpaired) electrons. The molecule has 10 heavy (non-hydrogen) atoms. The van der Waals surface area contributed by atoms with Crippen LogP contribution < -0.4 is 5.14 Å². The summed E-state index contributed by atoms with van der Waals surface area (Å²) in [5, 5.41) is 4.53. The van der Waals surface area contributed by atoms with Crippen molar-refractivity contribution in [2.45, 2.75) is 13.8 Å². The molecule has 0 aliphatic rings. The van der Waals surface area contributed by atoms with Gasteiger partial charge in [-0.05, 0) is 5.92 Å². The van der Waals surface area contributed by atoms with Crippen LogP contribution >= 0.6 is 0 Å². The summed E-state index contributed by atoms with van der Waals surface area (Å²) >= 11 is 0. The topological polar surface area (TPSA) is 69.4 Å². The van der Waals surface area contributed by atoms with E-state index < -0.39 is 10.3 Å². The van der Waals surface area contributed by atoms with Crippen molar-refractivity contribution in [1.82, 2.24) is 0 Å². The molecule has 0 aromatic carbocycles. The molecular weight excluding hydrogens is 165 g/mol. The first-order valence-electron chi connectivity index (χ1n) is 2.59. The molecule has 0 heterocycles. The molecule has 58 valence electrons. The van der Waals surface area contributed by atoms with Crippen LogP contribution in [-0.4, -0.2) is 44.6 Å². The first-order chi connectivity index (χ1) is 3.92. The molecule has 0 unspecified atom stereocenters. The maximum absolute atomic E-state index is 10.1. The van der Waals surface area contributed by atoms with Gasteiger partial charge in [0, 0.05) is 0 Å². The monoisotopic (exact) mass is 177 g/mol. The molecule has 0 aromatic heterocycles. The normalized spacial score (nSPS) is 11.2. The van der Waals surface area contributed by atoms with Gasteiger partial charge in [0.1, 0.15) is 0 Å². The first kappa shape index (κ1) is 13.5. The molecule has 0 aromatic rings. The Hall–Kier alpha value is 0.870. The van der Waals surface area contributed by atoms with Gasteiger partial charge < -0.3 is 0 Å². The Balaban J connectivity index is 0. The van der Waals surface area contributed by atoms with E-state index in [0.29, 0.717) is 0 Å². The molecule has 4 nitrogen and oxygen atoms in total. The zero-order valence-corrected chi connectivity index (χ0v) is 6.31. The Kier molecular flexibility index (Phi) is 7.42. The van der Waals surface area contributed by atoms with Crippen LogP contribution in [-0.2, 0) is 14.5 Å². The van der Waals surface area contributed by atoms with Crippen LogP contribution in [0.2, 0.25) is 0 Å². The molecule has 0 saturated heterocycles. The molecule has 0 aliphatic heterocycles. The zero-order chi connectivity index (χ0) is 7.49. The molecule has 0 atom stereocenters. The Morgan fingerprint density at radius 2 is 1.90 bits per heavy atom. The van der Waals surface area contributed by atoms with Gasteiger partial charge in [-0.1, -0.05) is 13.8 Å². The average Bonchev–Trinajstić information content (AvgIpc) is 1.59. The van der Waals surface area contributed by atoms with Crippen LogP contribution in [0.5, 0.6) is 0 Å². The zero-order valence-electron chi connectivity index (χ0n) is 5.49. The summed E-state index contributed by atoms with van der Waals surface area (Å²) in [6.07, 6.45) is 0. The van der Waals surface area contributed by atoms with Gasteiger partial charge in [0.2, 0.25) is 0 Å². The van der Waals surface area contributed by atoms with E-state index in [9.17, 15) is 8.42 Å². The van der Waals surface area contributed by atoms with E-state index >= 15 is 0 Å². The second-order valence-electron chi connectivity index (χ2n) is 2.17. The van der Waals surface area contributed by atoms with Crippen LogP contribution in [0.15, 0.2) is 0 Å². The van der Waals surface area contributed by atoms with Crippen LogP contribution in [0.25, 0.3) is 0 Å². The van der Waals surface area contributed by atoms with Crippen molar-refractivity contribution in [3.05, 3.63) is 0 Å². The second-order valence-corrected chi connectivity index (χ2v) is 3.39. The third kappa shape index (κ3) is 11.6. The number of hydrogen-bond donors (Lipinski definition) is 1. The van der Waals surface area contributed by atoms with Crippen molar-refractivity contribution >= 4 is 39.9 Å². The van der Waals surface area contributed by atoms with Crippen molar-refractivity contribution in [2.24, 2.45) is 11.1 Å². The van der Waals surface area contributed by atoms with Gasteiger partial charge in [0.05, 0.1) is 6.61 Å². The van der Waals surface area contributed by atoms with Gasteiger partial charge in [-0.2, -0.15) is 8.42 Å². The van der Waals surface area contributed by atoms with Crippen molar-refractivity contribution in [3.63, 3.8) is 0 Å². The van der Waals surface area contributed by atoms with E-state index in [1.54, 1.807) is 0 Å². The van der Waals surface area contributed by atoms with Gasteiger partial charge in [-0.25, -0.2) is 5.14 Å². The maximum atomic E-state index is 10.1. The molecule has 2 N–H and O–H groups in total. The van der Waals surface area contributed by atoms with E-state index in [2.05, 4.69) is 9.32 Å². The molecule has 0 aliphatic carbocycles. The van der Waals surface area contributed by atoms with Crippen molar-refractivity contribution in [2.75, 3.05) is 6.61 Å². The van der Waals surface area contributed by atoms with Crippen LogP contribution in [0, 0.1) is 5.92 Å². The third-order valence-corrected chi connectivity index (χ3v) is 1.03. The number of nitrogens with two attached hydrogens (primary N) is 1. The number of hydrogen-bond acceptors (Lipinski definition) is 3. The SMILES string of the molecule is CC(C)COS(N)(=O)=O.[NaH]. The molecular formula is C4H12NNaO3S. The Morgan fingerprint density at radius 1 is 1.50 bits per heavy atom. The summed E-state index contributed by atoms with van der Waals surface area (Å²) < 4.78 is 24.4. The fourth-order valence-electron chi connectivity index (χ4n) is 0.231. The molecule has 0 rings (SSSR count). The predicted octanol–water partition coefficient (Wildman–Crippen LogP) is -0.786. The Morgan fingerprint density at radius 3 is 2.00 bits per heavy atom. The second kappa shape index (κ2) is 5.51. The fourth-order valence-corrected chi connectivity index (χ4v) is 0.693. The van der Waals surface area contributed by atoms with E-state index in [4.69, 9.17) is 0 Å². The fraction of sp³-hybridized carbons (Fsp3) is 1.00. The summed E-state index contributed by atoms with van der Waals surface area (Å²) in [7, 11) is -3.72. The van der Waals surface area contributed by atoms with Crippen molar-refractivity contribution < 1.29 is 12.6 Å². The summed E-state index contributed by atoms with van der Waals surface area (Å²) in [6, 6.07) is 0. The van der Waals surface area contributed by atoms with Crippen LogP contribution in [0.1, 0.15) is 13.8 Å². The minimum atomic E-state index is -3.72. The van der Waals surface area contributed by atoms with Crippen molar-refractivity contribution in [3.8, 4) is 0 Å². The average molecular weight is 177 g/mol. The number of rotatable bonds is 3. The van der Waals surface area contributed by atoms with E-state index in [0.717, 1.165) is 0 Å². The van der Waals surface area contributed by atoms with E-state index in [1.807, 2.05) is 13.8 Å². The summed E-state index contributed by atoms with van der Waals surface area (Å²) in [4.78, 5) is 0. The van der Waals surface area contributed by atoms with Gasteiger partial charge in [0.25, 0.3) is 0 Å². The van der Waals surface area contributed by atoms with Gasteiger partial charge in [-0.3, -0.25) is 4.18 Å². The molecule has 0 amide bonds. The van der Waals surface area contributed by atoms with E-state index in [1.165, 1.54) is 0 Å². The van der Waals surface area contributed by atoms with Gasteiger partial charge in [0.15, 0.2) is 0 Å². The summed E-state index contributed by atoms with van der Waals surface area (Å²) in [6.45, 7) is 3.83. The van der Waals surface area contributed by atoms with Gasteiger partial charge in [-0.15, -0.1) is 0 Å². The summed E-state index contributed by atoms with van der Waals surface area (Å²) in [5.74, 6) is 0.184. The molecule has 0 bridgehead atoms. The van der Waals surface area contributed by atoms with Crippen LogP contribution in [0.3, 0.4) is 0 Å². The molecule has 0 spiro atoms. The Bertz CT molecular complexity index is 165. The van der Waals surface area contributed by atoms with E-state index in [-0.39, 0.29) is 42.1 Å². The first-order valence-corrected chi connectivity index (χ1v) is 4.06. The third-order valence-electron chi connectivity index (χ3n) is 0.566. The quantitative estimate of drug-likeness (QED) is 0.574. The molecule has 0 fully saturated rings. The minimum absolute atomic E-state index is 0. The summed E-state index contributed by atoms with van der Waals surface area (Å²) in [5.41, 5.74) is 0. The van der Waals surface area contributed by atoms with Crippen molar-refractivity contribution in [1.29, 1.82) is 0 Å². The Labute approximate surface area is 83.7 Å². The molecule has 6 heteroatoms. The standard InChI is InChI=1S/C4H11NO3S.Na.H/c1-4(2)3-8-9(5,6)7;;/h4H,3H2,1-2H3,(H2,5,6,7);;.